The predicted octanol–water partition coefficient (Wildman–Crippen LogP) is 3.85. The van der Waals surface area contributed by atoms with Gasteiger partial charge in [0.2, 0.25) is 0 Å². The monoisotopic (exact) mass is 265 g/mol. The molecule has 2 N–H and O–H groups in total. The molecule has 0 saturated heterocycles. The van der Waals surface area contributed by atoms with E-state index < -0.39 is 5.97 Å². The van der Waals surface area contributed by atoms with Crippen LogP contribution in [0.3, 0.4) is 0 Å². The number of benzene rings is 1. The number of nitrogens with one attached hydrogen (secondary N) is 1. The molecule has 1 fully saturated rings. The van der Waals surface area contributed by atoms with Crippen LogP contribution in [0.15, 0.2) is 23.1 Å². The molecule has 18 heavy (non-hydrogen) atoms. The number of anilines is 1. The van der Waals surface area contributed by atoms with Gasteiger partial charge in [0.05, 0.1) is 11.3 Å². The minimum Gasteiger partial charge on any atom is -0.478 e. The van der Waals surface area contributed by atoms with Crippen molar-refractivity contribution in [3.8, 4) is 0 Å². The number of hydrogen-bond donors (Lipinski definition) is 2. The Morgan fingerprint density at radius 2 is 2.22 bits per heavy atom. The van der Waals surface area contributed by atoms with E-state index in [9.17, 15) is 9.90 Å². The van der Waals surface area contributed by atoms with E-state index >= 15 is 0 Å². The zero-order valence-electron chi connectivity index (χ0n) is 10.8. The van der Waals surface area contributed by atoms with Crippen LogP contribution in [0.4, 0.5) is 5.69 Å². The van der Waals surface area contributed by atoms with Gasteiger partial charge in [-0.05, 0) is 44.1 Å². The fourth-order valence-corrected chi connectivity index (χ4v) is 3.10. The molecule has 1 aliphatic carbocycles. The van der Waals surface area contributed by atoms with Crippen LogP contribution in [0.2, 0.25) is 0 Å². The fourth-order valence-electron chi connectivity index (χ4n) is 2.48. The third kappa shape index (κ3) is 2.34. The molecule has 0 aromatic heterocycles. The van der Waals surface area contributed by atoms with Gasteiger partial charge in [0.1, 0.15) is 0 Å². The molecule has 3 nitrogen and oxygen atoms in total. The molecule has 0 unspecified atom stereocenters. The zero-order valence-corrected chi connectivity index (χ0v) is 11.6. The molecule has 2 rings (SSSR count). The molecule has 0 aliphatic heterocycles. The lowest BCUT2D eigenvalue weighted by Gasteiger charge is -2.43. The van der Waals surface area contributed by atoms with Gasteiger partial charge < -0.3 is 10.4 Å². The summed E-state index contributed by atoms with van der Waals surface area (Å²) in [6.07, 6.45) is 6.43. The van der Waals surface area contributed by atoms with Gasteiger partial charge in [-0.15, -0.1) is 11.8 Å². The number of rotatable bonds is 5. The Kier molecular flexibility index (Phi) is 3.85. The first-order chi connectivity index (χ1) is 8.62. The van der Waals surface area contributed by atoms with E-state index in [-0.39, 0.29) is 5.54 Å². The molecular weight excluding hydrogens is 246 g/mol. The summed E-state index contributed by atoms with van der Waals surface area (Å²) in [7, 11) is 0. The first kappa shape index (κ1) is 13.3. The maximum absolute atomic E-state index is 11.4. The van der Waals surface area contributed by atoms with Crippen molar-refractivity contribution in [1.82, 2.24) is 0 Å². The predicted molar refractivity (Wildman–Crippen MR) is 75.7 cm³/mol. The van der Waals surface area contributed by atoms with Crippen LogP contribution in [0.5, 0.6) is 0 Å². The minimum atomic E-state index is -0.854. The quantitative estimate of drug-likeness (QED) is 0.794. The molecule has 0 bridgehead atoms. The van der Waals surface area contributed by atoms with E-state index in [1.165, 1.54) is 18.2 Å². The van der Waals surface area contributed by atoms with Crippen LogP contribution in [-0.2, 0) is 0 Å². The molecular formula is C14H19NO2S. The highest BCUT2D eigenvalue weighted by Gasteiger charge is 2.35. The maximum atomic E-state index is 11.4. The standard InChI is InChI=1S/C14H19NO2S/c1-3-14(8-5-9-14)15-10-6-4-7-11(18-2)12(10)13(16)17/h4,6-7,15H,3,5,8-9H2,1-2H3,(H,16,17). The molecule has 1 aromatic carbocycles. The summed E-state index contributed by atoms with van der Waals surface area (Å²) < 4.78 is 0. The summed E-state index contributed by atoms with van der Waals surface area (Å²) in [5, 5.41) is 12.9. The van der Waals surface area contributed by atoms with Crippen LogP contribution in [0.25, 0.3) is 0 Å². The number of carboxylic acid groups (broad SMARTS) is 1. The van der Waals surface area contributed by atoms with Crippen molar-refractivity contribution < 1.29 is 9.90 Å². The molecule has 0 heterocycles. The SMILES string of the molecule is CCC1(Nc2cccc(SC)c2C(=O)O)CCC1. The molecule has 0 amide bonds. The third-order valence-electron chi connectivity index (χ3n) is 3.85. The molecule has 0 radical (unpaired) electrons. The molecule has 0 atom stereocenters. The number of carbonyl (C=O) groups is 1. The lowest BCUT2D eigenvalue weighted by atomic mass is 9.74. The third-order valence-corrected chi connectivity index (χ3v) is 4.63. The van der Waals surface area contributed by atoms with E-state index in [1.54, 1.807) is 0 Å². The van der Waals surface area contributed by atoms with Gasteiger partial charge in [-0.1, -0.05) is 13.0 Å². The van der Waals surface area contributed by atoms with E-state index in [1.807, 2.05) is 24.5 Å². The molecule has 1 saturated carbocycles. The van der Waals surface area contributed by atoms with Crippen LogP contribution >= 0.6 is 11.8 Å². The smallest absolute Gasteiger partial charge is 0.338 e. The van der Waals surface area contributed by atoms with Crippen molar-refractivity contribution >= 4 is 23.4 Å². The second-order valence-electron chi connectivity index (χ2n) is 4.80. The number of carboxylic acids is 1. The maximum Gasteiger partial charge on any atom is 0.338 e. The van der Waals surface area contributed by atoms with Gasteiger partial charge in [0, 0.05) is 10.4 Å². The minimum absolute atomic E-state index is 0.112. The Morgan fingerprint density at radius 3 is 2.67 bits per heavy atom. The zero-order chi connectivity index (χ0) is 13.2. The van der Waals surface area contributed by atoms with Gasteiger partial charge in [-0.2, -0.15) is 0 Å². The normalized spacial score (nSPS) is 17.0. The molecule has 4 heteroatoms. The summed E-state index contributed by atoms with van der Waals surface area (Å²) >= 11 is 1.48. The highest BCUT2D eigenvalue weighted by molar-refractivity contribution is 7.98. The van der Waals surface area contributed by atoms with E-state index in [2.05, 4.69) is 12.2 Å². The summed E-state index contributed by atoms with van der Waals surface area (Å²) in [6, 6.07) is 5.65. The van der Waals surface area contributed by atoms with Crippen molar-refractivity contribution in [2.45, 2.75) is 43.0 Å². The average molecular weight is 265 g/mol. The molecule has 1 aromatic rings. The Bertz CT molecular complexity index is 450. The van der Waals surface area contributed by atoms with E-state index in [0.29, 0.717) is 5.56 Å². The fraction of sp³-hybridized carbons (Fsp3) is 0.500. The van der Waals surface area contributed by atoms with Crippen molar-refractivity contribution in [2.24, 2.45) is 0 Å². The van der Waals surface area contributed by atoms with Crippen LogP contribution < -0.4 is 5.32 Å². The molecule has 0 spiro atoms. The largest absolute Gasteiger partial charge is 0.478 e. The number of thioether (sulfide) groups is 1. The second-order valence-corrected chi connectivity index (χ2v) is 5.65. The van der Waals surface area contributed by atoms with Crippen molar-refractivity contribution in [2.75, 3.05) is 11.6 Å². The van der Waals surface area contributed by atoms with E-state index in [4.69, 9.17) is 0 Å². The van der Waals surface area contributed by atoms with E-state index in [0.717, 1.165) is 29.8 Å². The molecule has 1 aliphatic rings. The summed E-state index contributed by atoms with van der Waals surface area (Å²) in [6.45, 7) is 2.16. The molecule has 98 valence electrons. The lowest BCUT2D eigenvalue weighted by molar-refractivity contribution is 0.0694. The second kappa shape index (κ2) is 5.22. The first-order valence-corrected chi connectivity index (χ1v) is 7.53. The number of aromatic carboxylic acids is 1. The first-order valence-electron chi connectivity index (χ1n) is 6.30. The van der Waals surface area contributed by atoms with Crippen molar-refractivity contribution in [3.05, 3.63) is 23.8 Å². The Balaban J connectivity index is 2.35. The topological polar surface area (TPSA) is 49.3 Å². The van der Waals surface area contributed by atoms with Gasteiger partial charge in [-0.3, -0.25) is 0 Å². The van der Waals surface area contributed by atoms with Crippen LogP contribution in [-0.4, -0.2) is 22.9 Å². The Morgan fingerprint density at radius 1 is 1.50 bits per heavy atom. The average Bonchev–Trinajstić information content (AvgIpc) is 2.33. The van der Waals surface area contributed by atoms with Gasteiger partial charge in [0.25, 0.3) is 0 Å². The number of hydrogen-bond acceptors (Lipinski definition) is 3. The van der Waals surface area contributed by atoms with Crippen molar-refractivity contribution in [3.63, 3.8) is 0 Å². The van der Waals surface area contributed by atoms with Crippen molar-refractivity contribution in [1.29, 1.82) is 0 Å². The van der Waals surface area contributed by atoms with Gasteiger partial charge >= 0.3 is 5.97 Å². The highest BCUT2D eigenvalue weighted by atomic mass is 32.2. The lowest BCUT2D eigenvalue weighted by Crippen LogP contribution is -2.44. The Hall–Kier alpha value is -1.16. The Labute approximate surface area is 112 Å². The summed E-state index contributed by atoms with van der Waals surface area (Å²) in [5.74, 6) is -0.854. The van der Waals surface area contributed by atoms with Crippen LogP contribution in [0, 0.1) is 0 Å². The van der Waals surface area contributed by atoms with Gasteiger partial charge in [-0.25, -0.2) is 4.79 Å². The summed E-state index contributed by atoms with van der Waals surface area (Å²) in [4.78, 5) is 12.2. The van der Waals surface area contributed by atoms with Crippen LogP contribution in [0.1, 0.15) is 43.0 Å². The van der Waals surface area contributed by atoms with Gasteiger partial charge in [0.15, 0.2) is 0 Å². The summed E-state index contributed by atoms with van der Waals surface area (Å²) in [5.41, 5.74) is 1.28. The highest BCUT2D eigenvalue weighted by Crippen LogP contribution is 2.39.